The number of carbonyl (C=O) groups is 1. The summed E-state index contributed by atoms with van der Waals surface area (Å²) in [7, 11) is 0. The van der Waals surface area contributed by atoms with E-state index in [1.54, 1.807) is 21.4 Å². The summed E-state index contributed by atoms with van der Waals surface area (Å²) >= 11 is 0. The zero-order valence-electron chi connectivity index (χ0n) is 16.2. The van der Waals surface area contributed by atoms with Crippen molar-refractivity contribution >= 4 is 11.6 Å². The first-order valence-electron chi connectivity index (χ1n) is 9.16. The zero-order valence-corrected chi connectivity index (χ0v) is 16.2. The molecule has 0 saturated heterocycles. The summed E-state index contributed by atoms with van der Waals surface area (Å²) in [6, 6.07) is 5.98. The lowest BCUT2D eigenvalue weighted by atomic mass is 10.1. The van der Waals surface area contributed by atoms with Gasteiger partial charge in [0.2, 0.25) is 11.6 Å². The molecule has 3 aromatic rings. The predicted molar refractivity (Wildman–Crippen MR) is 104 cm³/mol. The van der Waals surface area contributed by atoms with Crippen molar-refractivity contribution in [2.24, 2.45) is 5.92 Å². The van der Waals surface area contributed by atoms with E-state index in [-0.39, 0.29) is 17.1 Å². The van der Waals surface area contributed by atoms with Crippen LogP contribution in [0.25, 0.3) is 11.3 Å². The molecule has 3 rings (SSSR count). The largest absolute Gasteiger partial charge is 0.356 e. The van der Waals surface area contributed by atoms with E-state index in [9.17, 15) is 9.59 Å². The minimum Gasteiger partial charge on any atom is -0.356 e. The second kappa shape index (κ2) is 7.73. The van der Waals surface area contributed by atoms with Crippen LogP contribution < -0.4 is 10.9 Å². The van der Waals surface area contributed by atoms with Crippen LogP contribution in [0.4, 0.5) is 0 Å². The van der Waals surface area contributed by atoms with Crippen LogP contribution in [0.1, 0.15) is 37.2 Å². The summed E-state index contributed by atoms with van der Waals surface area (Å²) in [5, 5.41) is 11.0. The van der Waals surface area contributed by atoms with Crippen LogP contribution in [0.3, 0.4) is 0 Å². The molecule has 2 heterocycles. The molecule has 7 nitrogen and oxygen atoms in total. The predicted octanol–water partition coefficient (Wildman–Crippen LogP) is 2.20. The van der Waals surface area contributed by atoms with Gasteiger partial charge in [-0.25, -0.2) is 0 Å². The van der Waals surface area contributed by atoms with Gasteiger partial charge in [0.05, 0.1) is 0 Å². The average Bonchev–Trinajstić information content (AvgIpc) is 3.01. The van der Waals surface area contributed by atoms with E-state index >= 15 is 0 Å². The number of rotatable bonds is 6. The van der Waals surface area contributed by atoms with Crippen LogP contribution in [-0.4, -0.2) is 31.6 Å². The molecule has 2 aromatic heterocycles. The molecule has 0 radical (unpaired) electrons. The lowest BCUT2D eigenvalue weighted by Crippen LogP contribution is -2.27. The normalized spacial score (nSPS) is 11.3. The second-order valence-corrected chi connectivity index (χ2v) is 7.33. The Labute approximate surface area is 158 Å². The van der Waals surface area contributed by atoms with Gasteiger partial charge in [0.25, 0.3) is 0 Å². The fourth-order valence-electron chi connectivity index (χ4n) is 3.03. The summed E-state index contributed by atoms with van der Waals surface area (Å²) in [6.07, 6.45) is 4.23. The lowest BCUT2D eigenvalue weighted by molar-refractivity contribution is -0.121. The van der Waals surface area contributed by atoms with Crippen LogP contribution >= 0.6 is 0 Å². The van der Waals surface area contributed by atoms with E-state index in [2.05, 4.69) is 21.6 Å². The Bertz CT molecular complexity index is 1010. The molecule has 0 saturated carbocycles. The maximum atomic E-state index is 12.8. The number of hydrogen-bond donors (Lipinski definition) is 1. The molecular formula is C20H25N5O2. The Morgan fingerprint density at radius 2 is 1.81 bits per heavy atom. The highest BCUT2D eigenvalue weighted by molar-refractivity contribution is 5.76. The summed E-state index contributed by atoms with van der Waals surface area (Å²) in [4.78, 5) is 24.8. The molecule has 0 spiro atoms. The van der Waals surface area contributed by atoms with E-state index < -0.39 is 0 Å². The van der Waals surface area contributed by atoms with Crippen molar-refractivity contribution in [3.05, 3.63) is 57.9 Å². The van der Waals surface area contributed by atoms with Gasteiger partial charge in [0.1, 0.15) is 5.82 Å². The highest BCUT2D eigenvalue weighted by atomic mass is 16.1. The molecule has 1 aromatic carbocycles. The third-order valence-electron chi connectivity index (χ3n) is 4.31. The molecule has 1 N–H and O–H groups in total. The maximum absolute atomic E-state index is 12.8. The zero-order chi connectivity index (χ0) is 19.6. The molecule has 1 amide bonds. The van der Waals surface area contributed by atoms with Crippen molar-refractivity contribution in [3.8, 4) is 5.69 Å². The molecule has 0 aliphatic rings. The van der Waals surface area contributed by atoms with E-state index in [1.807, 2.05) is 39.8 Å². The van der Waals surface area contributed by atoms with Gasteiger partial charge in [-0.05, 0) is 43.0 Å². The molecule has 7 heteroatoms. The molecule has 0 unspecified atom stereocenters. The van der Waals surface area contributed by atoms with Crippen LogP contribution in [0, 0.1) is 19.8 Å². The molecule has 142 valence electrons. The summed E-state index contributed by atoms with van der Waals surface area (Å²) in [6.45, 7) is 8.75. The van der Waals surface area contributed by atoms with E-state index in [1.165, 1.54) is 0 Å². The van der Waals surface area contributed by atoms with Gasteiger partial charge in [-0.2, -0.15) is 0 Å². The van der Waals surface area contributed by atoms with Crippen LogP contribution in [0.2, 0.25) is 0 Å². The monoisotopic (exact) mass is 367 g/mol. The number of fused-ring (bicyclic) bond motifs is 1. The second-order valence-electron chi connectivity index (χ2n) is 7.33. The Kier molecular flexibility index (Phi) is 5.39. The Balaban J connectivity index is 1.84. The molecule has 0 fully saturated rings. The first kappa shape index (κ1) is 18.8. The standard InChI is InChI=1S/C20H25N5O2/c1-13(2)12-21-18(26)6-5-17-22-23-19-20(27)24(7-8-25(17)19)16-10-14(3)9-15(4)11-16/h7-11,13H,5-6,12H2,1-4H3,(H,21,26). The van der Waals surface area contributed by atoms with Crippen LogP contribution in [0.15, 0.2) is 35.4 Å². The smallest absolute Gasteiger partial charge is 0.300 e. The van der Waals surface area contributed by atoms with Crippen molar-refractivity contribution in [3.63, 3.8) is 0 Å². The number of amides is 1. The van der Waals surface area contributed by atoms with Gasteiger partial charge in [-0.3, -0.25) is 18.6 Å². The summed E-state index contributed by atoms with van der Waals surface area (Å²) in [5.41, 5.74) is 3.01. The van der Waals surface area contributed by atoms with Crippen molar-refractivity contribution in [1.29, 1.82) is 0 Å². The minimum atomic E-state index is -0.231. The first-order valence-corrected chi connectivity index (χ1v) is 9.16. The molecule has 0 aliphatic carbocycles. The Morgan fingerprint density at radius 1 is 1.11 bits per heavy atom. The molecule has 0 aliphatic heterocycles. The fraction of sp³-hybridized carbons (Fsp3) is 0.400. The molecule has 0 atom stereocenters. The van der Waals surface area contributed by atoms with Crippen molar-refractivity contribution in [2.75, 3.05) is 6.54 Å². The topological polar surface area (TPSA) is 81.3 Å². The van der Waals surface area contributed by atoms with Crippen molar-refractivity contribution in [2.45, 2.75) is 40.5 Å². The summed E-state index contributed by atoms with van der Waals surface area (Å²) < 4.78 is 3.24. The summed E-state index contributed by atoms with van der Waals surface area (Å²) in [5.74, 6) is 0.991. The van der Waals surface area contributed by atoms with E-state index in [0.717, 1.165) is 16.8 Å². The molecule has 27 heavy (non-hydrogen) atoms. The SMILES string of the molecule is Cc1cc(C)cc(-n2ccn3c(CCC(=O)NCC(C)C)nnc3c2=O)c1. The Morgan fingerprint density at radius 3 is 2.48 bits per heavy atom. The first-order chi connectivity index (χ1) is 12.8. The third kappa shape index (κ3) is 4.24. The average molecular weight is 367 g/mol. The lowest BCUT2D eigenvalue weighted by Gasteiger charge is -2.09. The quantitative estimate of drug-likeness (QED) is 0.724. The highest BCUT2D eigenvalue weighted by Crippen LogP contribution is 2.13. The number of nitrogens with zero attached hydrogens (tertiary/aromatic N) is 4. The number of benzene rings is 1. The number of hydrogen-bond acceptors (Lipinski definition) is 4. The third-order valence-corrected chi connectivity index (χ3v) is 4.31. The van der Waals surface area contributed by atoms with Gasteiger partial charge >= 0.3 is 5.56 Å². The van der Waals surface area contributed by atoms with Gasteiger partial charge in [-0.1, -0.05) is 19.9 Å². The van der Waals surface area contributed by atoms with E-state index in [0.29, 0.717) is 31.1 Å². The van der Waals surface area contributed by atoms with Crippen molar-refractivity contribution in [1.82, 2.24) is 24.5 Å². The highest BCUT2D eigenvalue weighted by Gasteiger charge is 2.13. The van der Waals surface area contributed by atoms with Crippen molar-refractivity contribution < 1.29 is 4.79 Å². The van der Waals surface area contributed by atoms with Crippen LogP contribution in [-0.2, 0) is 11.2 Å². The Hall–Kier alpha value is -2.96. The van der Waals surface area contributed by atoms with Gasteiger partial charge in [-0.15, -0.1) is 10.2 Å². The van der Waals surface area contributed by atoms with E-state index in [4.69, 9.17) is 0 Å². The number of aryl methyl sites for hydroxylation is 3. The van der Waals surface area contributed by atoms with Crippen LogP contribution in [0.5, 0.6) is 0 Å². The molecule has 0 bridgehead atoms. The maximum Gasteiger partial charge on any atom is 0.300 e. The molecular weight excluding hydrogens is 342 g/mol. The van der Waals surface area contributed by atoms with Gasteiger partial charge in [0, 0.05) is 37.5 Å². The minimum absolute atomic E-state index is 0.0240. The van der Waals surface area contributed by atoms with Gasteiger partial charge in [0.15, 0.2) is 0 Å². The van der Waals surface area contributed by atoms with Gasteiger partial charge < -0.3 is 5.32 Å². The fourth-order valence-corrected chi connectivity index (χ4v) is 3.03. The number of carbonyl (C=O) groups excluding carboxylic acids is 1. The number of nitrogens with one attached hydrogen (secondary N) is 1. The number of aromatic nitrogens is 4.